The molecule has 1 fully saturated rings. The Balaban J connectivity index is 2.38. The molecule has 1 aliphatic rings. The Morgan fingerprint density at radius 2 is 2.13 bits per heavy atom. The van der Waals surface area contributed by atoms with E-state index in [4.69, 9.17) is 14.5 Å². The maximum absolute atomic E-state index is 9.60. The van der Waals surface area contributed by atoms with Gasteiger partial charge in [-0.25, -0.2) is 0 Å². The van der Waals surface area contributed by atoms with Crippen molar-refractivity contribution in [3.63, 3.8) is 0 Å². The van der Waals surface area contributed by atoms with Crippen molar-refractivity contribution in [3.05, 3.63) is 0 Å². The number of nitrogens with one attached hydrogen (secondary N) is 1. The number of ether oxygens (including phenoxy) is 1. The van der Waals surface area contributed by atoms with Crippen LogP contribution < -0.4 is 5.32 Å². The first-order chi connectivity index (χ1) is 7.04. The van der Waals surface area contributed by atoms with Crippen molar-refractivity contribution in [1.82, 2.24) is 5.32 Å². The van der Waals surface area contributed by atoms with E-state index >= 15 is 0 Å². The van der Waals surface area contributed by atoms with Crippen LogP contribution in [0, 0.1) is 0 Å². The predicted octanol–water partition coefficient (Wildman–Crippen LogP) is -1.73. The zero-order valence-corrected chi connectivity index (χ0v) is 9.17. The minimum atomic E-state index is -2.43. The number of rotatable bonds is 4. The van der Waals surface area contributed by atoms with Gasteiger partial charge in [-0.1, -0.05) is 0 Å². The molecule has 0 radical (unpaired) electrons. The Morgan fingerprint density at radius 3 is 2.60 bits per heavy atom. The molecular weight excluding hydrogens is 225 g/mol. The topological polar surface area (TPSA) is 111 Å². The van der Waals surface area contributed by atoms with Gasteiger partial charge < -0.3 is 34.6 Å². The van der Waals surface area contributed by atoms with E-state index in [1.54, 1.807) is 7.05 Å². The minimum Gasteiger partial charge on any atom is -0.391 e. The van der Waals surface area contributed by atoms with E-state index < -0.39 is 33.1 Å². The van der Waals surface area contributed by atoms with Crippen molar-refractivity contribution < 1.29 is 29.3 Å². The van der Waals surface area contributed by atoms with E-state index in [1.165, 1.54) is 0 Å². The Kier molecular flexibility index (Phi) is 5.31. The van der Waals surface area contributed by atoms with Gasteiger partial charge in [-0.15, -0.1) is 0 Å². The predicted molar refractivity (Wildman–Crippen MR) is 51.7 cm³/mol. The molecule has 15 heavy (non-hydrogen) atoms. The highest BCUT2D eigenvalue weighted by Crippen LogP contribution is 2.27. The molecule has 1 heterocycles. The van der Waals surface area contributed by atoms with Gasteiger partial charge in [0, 0.05) is 6.42 Å². The van der Waals surface area contributed by atoms with E-state index in [2.05, 4.69) is 9.84 Å². The molecule has 90 valence electrons. The van der Waals surface area contributed by atoms with Crippen LogP contribution in [-0.4, -0.2) is 58.2 Å². The minimum absolute atomic E-state index is 0.0662. The van der Waals surface area contributed by atoms with Gasteiger partial charge in [-0.2, -0.15) is 0 Å². The molecule has 4 unspecified atom stereocenters. The van der Waals surface area contributed by atoms with Gasteiger partial charge in [0.05, 0.1) is 24.9 Å². The first-order valence-electron chi connectivity index (χ1n) is 4.54. The summed E-state index contributed by atoms with van der Waals surface area (Å²) in [6.45, 7) is -0.0662. The SMILES string of the molecule is CNC1C(O)CC(COP(O)O)OC1O. The van der Waals surface area contributed by atoms with Crippen LogP contribution in [0.5, 0.6) is 0 Å². The third kappa shape index (κ3) is 3.90. The molecule has 0 amide bonds. The molecule has 4 atom stereocenters. The second kappa shape index (κ2) is 6.03. The fourth-order valence-electron chi connectivity index (χ4n) is 1.54. The maximum Gasteiger partial charge on any atom is 0.327 e. The summed E-state index contributed by atoms with van der Waals surface area (Å²) in [5.41, 5.74) is 0. The zero-order valence-electron chi connectivity index (χ0n) is 8.28. The van der Waals surface area contributed by atoms with Crippen LogP contribution in [0.25, 0.3) is 0 Å². The van der Waals surface area contributed by atoms with Gasteiger partial charge in [-0.3, -0.25) is 0 Å². The van der Waals surface area contributed by atoms with Crippen LogP contribution >= 0.6 is 8.60 Å². The second-order valence-corrected chi connectivity index (χ2v) is 4.08. The second-order valence-electron chi connectivity index (χ2n) is 3.31. The highest BCUT2D eigenvalue weighted by molar-refractivity contribution is 7.39. The van der Waals surface area contributed by atoms with Crippen LogP contribution in [0.1, 0.15) is 6.42 Å². The van der Waals surface area contributed by atoms with Gasteiger partial charge in [0.1, 0.15) is 0 Å². The highest BCUT2D eigenvalue weighted by atomic mass is 31.2. The number of hydrogen-bond donors (Lipinski definition) is 5. The summed E-state index contributed by atoms with van der Waals surface area (Å²) >= 11 is 0. The number of likely N-dealkylation sites (N-methyl/N-ethyl adjacent to an activating group) is 1. The molecule has 0 aromatic carbocycles. The van der Waals surface area contributed by atoms with Gasteiger partial charge in [-0.05, 0) is 7.05 Å². The lowest BCUT2D eigenvalue weighted by Crippen LogP contribution is -2.55. The van der Waals surface area contributed by atoms with Crippen LogP contribution in [0.2, 0.25) is 0 Å². The van der Waals surface area contributed by atoms with Crippen molar-refractivity contribution in [2.24, 2.45) is 0 Å². The number of aliphatic hydroxyl groups excluding tert-OH is 2. The van der Waals surface area contributed by atoms with Crippen molar-refractivity contribution in [3.8, 4) is 0 Å². The van der Waals surface area contributed by atoms with E-state index in [0.29, 0.717) is 0 Å². The van der Waals surface area contributed by atoms with Crippen molar-refractivity contribution in [1.29, 1.82) is 0 Å². The standard InChI is InChI=1S/C7H16NO6P/c1-8-6-5(9)2-4(14-7(6)10)3-13-15(11)12/h4-12H,2-3H2,1H3. The summed E-state index contributed by atoms with van der Waals surface area (Å²) < 4.78 is 9.66. The Hall–Kier alpha value is 0.150. The van der Waals surface area contributed by atoms with E-state index in [1.807, 2.05) is 0 Å². The Labute approximate surface area is 88.6 Å². The number of hydrogen-bond acceptors (Lipinski definition) is 7. The molecule has 0 saturated carbocycles. The molecule has 8 heteroatoms. The van der Waals surface area contributed by atoms with Gasteiger partial charge >= 0.3 is 8.60 Å². The largest absolute Gasteiger partial charge is 0.391 e. The summed E-state index contributed by atoms with van der Waals surface area (Å²) in [6, 6.07) is -0.536. The Bertz CT molecular complexity index is 182. The van der Waals surface area contributed by atoms with Crippen LogP contribution in [0.4, 0.5) is 0 Å². The molecule has 1 rings (SSSR count). The average molecular weight is 241 g/mol. The zero-order chi connectivity index (χ0) is 11.4. The average Bonchev–Trinajstić information content (AvgIpc) is 2.14. The van der Waals surface area contributed by atoms with E-state index in [0.717, 1.165) is 0 Å². The monoisotopic (exact) mass is 241 g/mol. The molecule has 0 aromatic heterocycles. The summed E-state index contributed by atoms with van der Waals surface area (Å²) in [5.74, 6) is 0. The maximum atomic E-state index is 9.60. The fraction of sp³-hybridized carbons (Fsp3) is 1.00. The van der Waals surface area contributed by atoms with Crippen molar-refractivity contribution in [2.75, 3.05) is 13.7 Å². The smallest absolute Gasteiger partial charge is 0.327 e. The molecule has 1 saturated heterocycles. The van der Waals surface area contributed by atoms with E-state index in [9.17, 15) is 10.2 Å². The third-order valence-corrected chi connectivity index (χ3v) is 2.65. The lowest BCUT2D eigenvalue weighted by Gasteiger charge is -2.36. The van der Waals surface area contributed by atoms with Crippen LogP contribution in [-0.2, 0) is 9.26 Å². The lowest BCUT2D eigenvalue weighted by molar-refractivity contribution is -0.211. The molecular formula is C7H16NO6P. The van der Waals surface area contributed by atoms with Crippen molar-refractivity contribution in [2.45, 2.75) is 31.0 Å². The van der Waals surface area contributed by atoms with Crippen molar-refractivity contribution >= 4 is 8.60 Å². The molecule has 0 aromatic rings. The van der Waals surface area contributed by atoms with Gasteiger partial charge in [0.15, 0.2) is 6.29 Å². The molecule has 0 spiro atoms. The number of aliphatic hydroxyl groups is 2. The van der Waals surface area contributed by atoms with Gasteiger partial charge in [0.25, 0.3) is 0 Å². The molecule has 0 aliphatic carbocycles. The summed E-state index contributed by atoms with van der Waals surface area (Å²) in [6.07, 6.45) is -2.15. The summed E-state index contributed by atoms with van der Waals surface area (Å²) in [7, 11) is -0.818. The summed E-state index contributed by atoms with van der Waals surface area (Å²) in [5, 5.41) is 21.8. The molecule has 1 aliphatic heterocycles. The summed E-state index contributed by atoms with van der Waals surface area (Å²) in [4.78, 5) is 17.0. The first kappa shape index (κ1) is 13.2. The Morgan fingerprint density at radius 1 is 1.47 bits per heavy atom. The van der Waals surface area contributed by atoms with Crippen LogP contribution in [0.15, 0.2) is 0 Å². The van der Waals surface area contributed by atoms with Gasteiger partial charge in [0.2, 0.25) is 0 Å². The van der Waals surface area contributed by atoms with E-state index in [-0.39, 0.29) is 13.0 Å². The quantitative estimate of drug-likeness (QED) is 0.372. The molecule has 7 nitrogen and oxygen atoms in total. The molecule has 0 bridgehead atoms. The van der Waals surface area contributed by atoms with Crippen LogP contribution in [0.3, 0.4) is 0 Å². The first-order valence-corrected chi connectivity index (χ1v) is 5.70. The normalized spacial score (nSPS) is 37.2. The fourth-order valence-corrected chi connectivity index (χ4v) is 1.84. The molecule has 5 N–H and O–H groups in total. The third-order valence-electron chi connectivity index (χ3n) is 2.27. The lowest BCUT2D eigenvalue weighted by atomic mass is 10.0. The highest BCUT2D eigenvalue weighted by Gasteiger charge is 2.36.